The van der Waals surface area contributed by atoms with E-state index < -0.39 is 5.41 Å². The molecule has 29 heavy (non-hydrogen) atoms. The fraction of sp³-hybridized carbons (Fsp3) is 0.476. The first-order valence-electron chi connectivity index (χ1n) is 9.46. The highest BCUT2D eigenvalue weighted by molar-refractivity contribution is 6.11. The third-order valence-corrected chi connectivity index (χ3v) is 4.76. The third kappa shape index (κ3) is 4.76. The molecule has 8 heteroatoms. The van der Waals surface area contributed by atoms with Gasteiger partial charge in [-0.05, 0) is 32.9 Å². The molecule has 1 N–H and O–H groups in total. The van der Waals surface area contributed by atoms with Crippen molar-refractivity contribution in [3.63, 3.8) is 0 Å². The second-order valence-electron chi connectivity index (χ2n) is 7.31. The number of nitrogens with zero attached hydrogens (tertiary/aromatic N) is 5. The van der Waals surface area contributed by atoms with Crippen molar-refractivity contribution in [2.24, 2.45) is 4.99 Å². The van der Waals surface area contributed by atoms with Gasteiger partial charge in [0, 0.05) is 57.8 Å². The molecule has 0 unspecified atom stereocenters. The van der Waals surface area contributed by atoms with Gasteiger partial charge >= 0.3 is 0 Å². The number of aldehydes is 1. The van der Waals surface area contributed by atoms with Crippen LogP contribution in [0.15, 0.2) is 23.3 Å². The summed E-state index contributed by atoms with van der Waals surface area (Å²) >= 11 is 0. The number of hydrogen-bond acceptors (Lipinski definition) is 8. The van der Waals surface area contributed by atoms with Crippen LogP contribution in [-0.4, -0.2) is 68.4 Å². The molecule has 0 radical (unpaired) electrons. The summed E-state index contributed by atoms with van der Waals surface area (Å²) in [6, 6.07) is 3.81. The number of aryl methyl sites for hydroxylation is 1. The molecule has 0 aromatic carbocycles. The Morgan fingerprint density at radius 3 is 2.66 bits per heavy atom. The van der Waals surface area contributed by atoms with Crippen LogP contribution in [0.3, 0.4) is 0 Å². The van der Waals surface area contributed by atoms with Gasteiger partial charge in [-0.25, -0.2) is 9.97 Å². The molecule has 2 aromatic rings. The highest BCUT2D eigenvalue weighted by Gasteiger charge is 2.31. The van der Waals surface area contributed by atoms with Crippen LogP contribution in [0, 0.1) is 6.92 Å². The van der Waals surface area contributed by atoms with Gasteiger partial charge in [0.1, 0.15) is 23.6 Å². The lowest BCUT2D eigenvalue weighted by molar-refractivity contribution is -0.111. The number of nitrogens with one attached hydrogen (secondary N) is 1. The SMILES string of the molecule is CN=C(c1nc(NC)c(C(C)(C)C=O)c(N(C)CCOC)n1)c1cccnc1C. The smallest absolute Gasteiger partial charge is 0.182 e. The largest absolute Gasteiger partial charge is 0.383 e. The first kappa shape index (κ1) is 22.4. The van der Waals surface area contributed by atoms with Gasteiger partial charge in [-0.1, -0.05) is 0 Å². The molecule has 0 atom stereocenters. The lowest BCUT2D eigenvalue weighted by atomic mass is 9.86. The molecular formula is C21H30N6O2. The van der Waals surface area contributed by atoms with Crippen LogP contribution in [0.25, 0.3) is 0 Å². The monoisotopic (exact) mass is 398 g/mol. The topological polar surface area (TPSA) is 92.6 Å². The molecule has 2 aromatic heterocycles. The number of carbonyl (C=O) groups is 1. The minimum atomic E-state index is -0.777. The number of aromatic nitrogens is 3. The molecule has 0 aliphatic rings. The summed E-state index contributed by atoms with van der Waals surface area (Å²) in [6.45, 7) is 6.78. The van der Waals surface area contributed by atoms with Crippen LogP contribution in [-0.2, 0) is 14.9 Å². The van der Waals surface area contributed by atoms with E-state index in [9.17, 15) is 4.79 Å². The molecule has 0 spiro atoms. The van der Waals surface area contributed by atoms with Gasteiger partial charge in [-0.3, -0.25) is 9.98 Å². The van der Waals surface area contributed by atoms with E-state index in [0.29, 0.717) is 36.3 Å². The normalized spacial score (nSPS) is 12.0. The van der Waals surface area contributed by atoms with Crippen molar-refractivity contribution in [2.45, 2.75) is 26.2 Å². The fourth-order valence-corrected chi connectivity index (χ4v) is 3.07. The number of methoxy groups -OCH3 is 1. The Kier molecular flexibility index (Phi) is 7.39. The summed E-state index contributed by atoms with van der Waals surface area (Å²) in [5.41, 5.74) is 2.31. The first-order chi connectivity index (χ1) is 13.8. The molecule has 8 nitrogen and oxygen atoms in total. The highest BCUT2D eigenvalue weighted by atomic mass is 16.5. The molecule has 0 saturated carbocycles. The molecule has 0 amide bonds. The van der Waals surface area contributed by atoms with E-state index in [1.165, 1.54) is 0 Å². The summed E-state index contributed by atoms with van der Waals surface area (Å²) in [7, 11) is 7.07. The quantitative estimate of drug-likeness (QED) is 0.511. The fourth-order valence-electron chi connectivity index (χ4n) is 3.07. The van der Waals surface area contributed by atoms with E-state index >= 15 is 0 Å². The maximum absolute atomic E-state index is 11.9. The number of pyridine rings is 1. The predicted molar refractivity (Wildman–Crippen MR) is 116 cm³/mol. The zero-order chi connectivity index (χ0) is 21.6. The van der Waals surface area contributed by atoms with Crippen LogP contribution in [0.4, 0.5) is 11.6 Å². The number of likely N-dealkylation sites (N-methyl/N-ethyl adjacent to an activating group) is 1. The summed E-state index contributed by atoms with van der Waals surface area (Å²) in [5, 5.41) is 3.13. The van der Waals surface area contributed by atoms with Gasteiger partial charge in [-0.15, -0.1) is 0 Å². The van der Waals surface area contributed by atoms with Crippen LogP contribution < -0.4 is 10.2 Å². The van der Waals surface area contributed by atoms with E-state index in [1.807, 2.05) is 44.9 Å². The number of aliphatic imine (C=N–C) groups is 1. The third-order valence-electron chi connectivity index (χ3n) is 4.76. The molecule has 2 rings (SSSR count). The van der Waals surface area contributed by atoms with Crippen molar-refractivity contribution in [3.8, 4) is 0 Å². The maximum Gasteiger partial charge on any atom is 0.182 e. The van der Waals surface area contributed by atoms with Crippen molar-refractivity contribution in [1.82, 2.24) is 15.0 Å². The van der Waals surface area contributed by atoms with Gasteiger partial charge in [0.15, 0.2) is 5.82 Å². The molecule has 0 saturated heterocycles. The average Bonchev–Trinajstić information content (AvgIpc) is 2.73. The van der Waals surface area contributed by atoms with E-state index in [0.717, 1.165) is 23.1 Å². The molecule has 0 fully saturated rings. The average molecular weight is 399 g/mol. The predicted octanol–water partition coefficient (Wildman–Crippen LogP) is 2.25. The molecule has 2 heterocycles. The zero-order valence-electron chi connectivity index (χ0n) is 18.3. The molecule has 0 aliphatic carbocycles. The number of ether oxygens (including phenoxy) is 1. The zero-order valence-corrected chi connectivity index (χ0v) is 18.3. The molecule has 0 aliphatic heterocycles. The minimum absolute atomic E-state index is 0.470. The summed E-state index contributed by atoms with van der Waals surface area (Å²) < 4.78 is 5.22. The van der Waals surface area contributed by atoms with Crippen LogP contribution in [0.5, 0.6) is 0 Å². The minimum Gasteiger partial charge on any atom is -0.383 e. The van der Waals surface area contributed by atoms with Gasteiger partial charge in [0.2, 0.25) is 0 Å². The van der Waals surface area contributed by atoms with Crippen molar-refractivity contribution in [1.29, 1.82) is 0 Å². The highest BCUT2D eigenvalue weighted by Crippen LogP contribution is 2.35. The number of rotatable bonds is 9. The van der Waals surface area contributed by atoms with Gasteiger partial charge < -0.3 is 19.7 Å². The lowest BCUT2D eigenvalue weighted by Gasteiger charge is -2.29. The Hall–Kier alpha value is -2.87. The van der Waals surface area contributed by atoms with Crippen molar-refractivity contribution in [3.05, 3.63) is 41.0 Å². The standard InChI is InChI=1S/C21H30N6O2/c1-14-15(9-8-10-24-14)17(22-4)19-25-18(23-5)16(21(2,3)13-28)20(26-19)27(6)11-12-29-7/h8-10,13H,11-12H2,1-7H3,(H,23,25,26). The Labute approximate surface area is 172 Å². The van der Waals surface area contributed by atoms with Gasteiger partial charge in [0.05, 0.1) is 12.0 Å². The summed E-state index contributed by atoms with van der Waals surface area (Å²) in [5.74, 6) is 1.72. The Balaban J connectivity index is 2.75. The lowest BCUT2D eigenvalue weighted by Crippen LogP contribution is -2.31. The van der Waals surface area contributed by atoms with Gasteiger partial charge in [-0.2, -0.15) is 0 Å². The Morgan fingerprint density at radius 1 is 1.38 bits per heavy atom. The van der Waals surface area contributed by atoms with E-state index in [2.05, 4.69) is 15.3 Å². The maximum atomic E-state index is 11.9. The Bertz CT molecular complexity index is 895. The van der Waals surface area contributed by atoms with E-state index in [4.69, 9.17) is 14.7 Å². The van der Waals surface area contributed by atoms with Crippen LogP contribution in [0.1, 0.15) is 36.5 Å². The number of anilines is 2. The second-order valence-corrected chi connectivity index (χ2v) is 7.31. The molecule has 156 valence electrons. The Morgan fingerprint density at radius 2 is 2.10 bits per heavy atom. The second kappa shape index (κ2) is 9.56. The molecular weight excluding hydrogens is 368 g/mol. The summed E-state index contributed by atoms with van der Waals surface area (Å²) in [6.07, 6.45) is 2.66. The first-order valence-corrected chi connectivity index (χ1v) is 9.46. The van der Waals surface area contributed by atoms with Crippen molar-refractivity contribution < 1.29 is 9.53 Å². The van der Waals surface area contributed by atoms with E-state index in [1.54, 1.807) is 27.4 Å². The van der Waals surface area contributed by atoms with E-state index in [-0.39, 0.29) is 0 Å². The van der Waals surface area contributed by atoms with Crippen LogP contribution >= 0.6 is 0 Å². The van der Waals surface area contributed by atoms with Crippen LogP contribution in [0.2, 0.25) is 0 Å². The molecule has 0 bridgehead atoms. The van der Waals surface area contributed by atoms with Gasteiger partial charge in [0.25, 0.3) is 0 Å². The number of hydrogen-bond donors (Lipinski definition) is 1. The van der Waals surface area contributed by atoms with Crippen molar-refractivity contribution >= 4 is 23.6 Å². The van der Waals surface area contributed by atoms with Crippen molar-refractivity contribution in [2.75, 3.05) is 51.6 Å². The summed E-state index contributed by atoms with van der Waals surface area (Å²) in [4.78, 5) is 32.2. The number of carbonyl (C=O) groups excluding carboxylic acids is 1.